The predicted octanol–water partition coefficient (Wildman–Crippen LogP) is 1.74. The molecule has 1 rings (SSSR count). The lowest BCUT2D eigenvalue weighted by molar-refractivity contribution is 0.150. The highest BCUT2D eigenvalue weighted by Gasteiger charge is 2.18. The maximum Gasteiger partial charge on any atom is 0.141 e. The van der Waals surface area contributed by atoms with Gasteiger partial charge in [0.1, 0.15) is 5.75 Å². The molecule has 0 aliphatic carbocycles. The lowest BCUT2D eigenvalue weighted by Gasteiger charge is -2.25. The van der Waals surface area contributed by atoms with E-state index in [1.165, 1.54) is 0 Å². The van der Waals surface area contributed by atoms with E-state index in [0.717, 1.165) is 25.1 Å². The van der Waals surface area contributed by atoms with Crippen molar-refractivity contribution in [1.82, 2.24) is 10.3 Å². The average molecular weight is 282 g/mol. The number of nitrogens with zero attached hydrogens (tertiary/aromatic N) is 1. The fraction of sp³-hybridized carbons (Fsp3) is 0.667. The number of rotatable bonds is 8. The molecule has 1 heterocycles. The van der Waals surface area contributed by atoms with Crippen LogP contribution in [0.25, 0.3) is 0 Å². The van der Waals surface area contributed by atoms with Crippen molar-refractivity contribution in [2.45, 2.75) is 40.3 Å². The number of hydrogen-bond acceptors (Lipinski definition) is 5. The Hall–Kier alpha value is -1.17. The van der Waals surface area contributed by atoms with Gasteiger partial charge in [-0.2, -0.15) is 0 Å². The van der Waals surface area contributed by atoms with Crippen molar-refractivity contribution in [3.8, 4) is 5.75 Å². The van der Waals surface area contributed by atoms with Crippen LogP contribution in [-0.4, -0.2) is 35.5 Å². The van der Waals surface area contributed by atoms with Gasteiger partial charge in [0, 0.05) is 44.1 Å². The standard InChI is InChI=1S/C15H26N2O3/c1-11-14(19)13(12(9-18)7-17-11)8-16-10-15(2,3)5-6-20-4/h7,16,18-19H,5-6,8-10H2,1-4H3. The Bertz CT molecular complexity index is 433. The maximum atomic E-state index is 10.0. The van der Waals surface area contributed by atoms with Crippen LogP contribution >= 0.6 is 0 Å². The van der Waals surface area contributed by atoms with Gasteiger partial charge in [0.2, 0.25) is 0 Å². The number of aliphatic hydroxyl groups is 1. The van der Waals surface area contributed by atoms with E-state index in [4.69, 9.17) is 4.74 Å². The molecule has 0 aliphatic rings. The fourth-order valence-corrected chi connectivity index (χ4v) is 2.01. The Balaban J connectivity index is 2.64. The molecular formula is C15H26N2O3. The van der Waals surface area contributed by atoms with Crippen LogP contribution in [0.1, 0.15) is 37.1 Å². The Labute approximate surface area is 121 Å². The molecule has 0 spiro atoms. The fourth-order valence-electron chi connectivity index (χ4n) is 2.01. The Kier molecular flexibility index (Phi) is 6.39. The van der Waals surface area contributed by atoms with Crippen molar-refractivity contribution in [2.75, 3.05) is 20.3 Å². The highest BCUT2D eigenvalue weighted by atomic mass is 16.5. The van der Waals surface area contributed by atoms with Crippen LogP contribution in [0.15, 0.2) is 6.20 Å². The molecule has 1 aromatic heterocycles. The van der Waals surface area contributed by atoms with E-state index in [-0.39, 0.29) is 17.8 Å². The third-order valence-electron chi connectivity index (χ3n) is 3.49. The number of nitrogens with one attached hydrogen (secondary N) is 1. The summed E-state index contributed by atoms with van der Waals surface area (Å²) in [6.45, 7) is 8.03. The number of methoxy groups -OCH3 is 1. The lowest BCUT2D eigenvalue weighted by Crippen LogP contribution is -2.30. The maximum absolute atomic E-state index is 10.0. The van der Waals surface area contributed by atoms with E-state index in [1.54, 1.807) is 20.2 Å². The number of aromatic nitrogens is 1. The average Bonchev–Trinajstić information content (AvgIpc) is 2.41. The van der Waals surface area contributed by atoms with E-state index >= 15 is 0 Å². The van der Waals surface area contributed by atoms with Gasteiger partial charge in [-0.15, -0.1) is 0 Å². The van der Waals surface area contributed by atoms with Crippen LogP contribution in [0.2, 0.25) is 0 Å². The molecule has 0 aliphatic heterocycles. The van der Waals surface area contributed by atoms with Crippen molar-refractivity contribution in [3.63, 3.8) is 0 Å². The van der Waals surface area contributed by atoms with Crippen LogP contribution in [0.5, 0.6) is 5.75 Å². The summed E-state index contributed by atoms with van der Waals surface area (Å²) >= 11 is 0. The van der Waals surface area contributed by atoms with Gasteiger partial charge in [0.15, 0.2) is 0 Å². The Morgan fingerprint density at radius 1 is 1.40 bits per heavy atom. The zero-order chi connectivity index (χ0) is 15.2. The molecule has 0 saturated heterocycles. The first-order valence-electron chi connectivity index (χ1n) is 6.88. The molecule has 114 valence electrons. The molecule has 5 nitrogen and oxygen atoms in total. The monoisotopic (exact) mass is 282 g/mol. The molecule has 1 aromatic rings. The first kappa shape index (κ1) is 16.9. The van der Waals surface area contributed by atoms with Crippen molar-refractivity contribution in [3.05, 3.63) is 23.0 Å². The largest absolute Gasteiger partial charge is 0.506 e. The van der Waals surface area contributed by atoms with Crippen LogP contribution in [0.3, 0.4) is 0 Å². The molecule has 0 aromatic carbocycles. The normalized spacial score (nSPS) is 11.8. The molecule has 0 atom stereocenters. The number of aliphatic hydroxyl groups excluding tert-OH is 1. The van der Waals surface area contributed by atoms with Crippen LogP contribution in [0, 0.1) is 12.3 Å². The summed E-state index contributed by atoms with van der Waals surface area (Å²) in [7, 11) is 1.70. The minimum atomic E-state index is -0.120. The summed E-state index contributed by atoms with van der Waals surface area (Å²) in [5, 5.41) is 22.7. The summed E-state index contributed by atoms with van der Waals surface area (Å²) in [4.78, 5) is 4.05. The molecule has 0 unspecified atom stereocenters. The van der Waals surface area contributed by atoms with E-state index in [0.29, 0.717) is 17.8 Å². The van der Waals surface area contributed by atoms with Gasteiger partial charge in [0.25, 0.3) is 0 Å². The molecular weight excluding hydrogens is 256 g/mol. The topological polar surface area (TPSA) is 74.6 Å². The summed E-state index contributed by atoms with van der Waals surface area (Å²) in [5.41, 5.74) is 2.09. The second-order valence-corrected chi connectivity index (χ2v) is 5.86. The number of aromatic hydroxyl groups is 1. The zero-order valence-electron chi connectivity index (χ0n) is 12.9. The number of ether oxygens (including phenoxy) is 1. The summed E-state index contributed by atoms with van der Waals surface area (Å²) in [6, 6.07) is 0. The van der Waals surface area contributed by atoms with Crippen molar-refractivity contribution >= 4 is 0 Å². The highest BCUT2D eigenvalue weighted by molar-refractivity contribution is 5.40. The summed E-state index contributed by atoms with van der Waals surface area (Å²) in [6.07, 6.45) is 2.58. The molecule has 3 N–H and O–H groups in total. The molecule has 0 radical (unpaired) electrons. The SMILES string of the molecule is COCCC(C)(C)CNCc1c(CO)cnc(C)c1O. The van der Waals surface area contributed by atoms with Gasteiger partial charge in [-0.3, -0.25) is 4.98 Å². The second-order valence-electron chi connectivity index (χ2n) is 5.86. The third-order valence-corrected chi connectivity index (χ3v) is 3.49. The summed E-state index contributed by atoms with van der Waals surface area (Å²) in [5.74, 6) is 0.166. The van der Waals surface area contributed by atoms with E-state index in [2.05, 4.69) is 24.1 Å². The molecule has 0 fully saturated rings. The van der Waals surface area contributed by atoms with E-state index in [9.17, 15) is 10.2 Å². The van der Waals surface area contributed by atoms with Crippen LogP contribution in [0.4, 0.5) is 0 Å². The van der Waals surface area contributed by atoms with Crippen molar-refractivity contribution < 1.29 is 14.9 Å². The number of hydrogen-bond donors (Lipinski definition) is 3. The van der Waals surface area contributed by atoms with Gasteiger partial charge < -0.3 is 20.3 Å². The number of pyridine rings is 1. The van der Waals surface area contributed by atoms with Crippen LogP contribution < -0.4 is 5.32 Å². The summed E-state index contributed by atoms with van der Waals surface area (Å²) < 4.78 is 5.10. The molecule has 0 saturated carbocycles. The highest BCUT2D eigenvalue weighted by Crippen LogP contribution is 2.24. The third kappa shape index (κ3) is 4.74. The van der Waals surface area contributed by atoms with Crippen molar-refractivity contribution in [1.29, 1.82) is 0 Å². The van der Waals surface area contributed by atoms with E-state index in [1.807, 2.05) is 0 Å². The smallest absolute Gasteiger partial charge is 0.141 e. The molecule has 0 amide bonds. The molecule has 0 bridgehead atoms. The second kappa shape index (κ2) is 7.57. The molecule has 5 heteroatoms. The van der Waals surface area contributed by atoms with Crippen molar-refractivity contribution in [2.24, 2.45) is 5.41 Å². The zero-order valence-corrected chi connectivity index (χ0v) is 12.9. The van der Waals surface area contributed by atoms with Crippen LogP contribution in [-0.2, 0) is 17.9 Å². The van der Waals surface area contributed by atoms with Gasteiger partial charge in [0.05, 0.1) is 12.3 Å². The first-order valence-corrected chi connectivity index (χ1v) is 6.88. The Morgan fingerprint density at radius 3 is 2.70 bits per heavy atom. The quantitative estimate of drug-likeness (QED) is 0.677. The van der Waals surface area contributed by atoms with Gasteiger partial charge in [-0.05, 0) is 18.8 Å². The predicted molar refractivity (Wildman–Crippen MR) is 78.5 cm³/mol. The van der Waals surface area contributed by atoms with Gasteiger partial charge >= 0.3 is 0 Å². The lowest BCUT2D eigenvalue weighted by atomic mass is 9.89. The van der Waals surface area contributed by atoms with E-state index < -0.39 is 0 Å². The minimum absolute atomic E-state index is 0.118. The van der Waals surface area contributed by atoms with Gasteiger partial charge in [-0.1, -0.05) is 13.8 Å². The first-order chi connectivity index (χ1) is 9.41. The van der Waals surface area contributed by atoms with Gasteiger partial charge in [-0.25, -0.2) is 0 Å². The minimum Gasteiger partial charge on any atom is -0.506 e. The number of aryl methyl sites for hydroxylation is 1. The Morgan fingerprint density at radius 2 is 2.10 bits per heavy atom. The molecule has 20 heavy (non-hydrogen) atoms.